The summed E-state index contributed by atoms with van der Waals surface area (Å²) in [5.41, 5.74) is 2.92. The van der Waals surface area contributed by atoms with Crippen LogP contribution in [0.25, 0.3) is 11.2 Å². The first-order valence-corrected chi connectivity index (χ1v) is 9.22. The number of pyridine rings is 2. The summed E-state index contributed by atoms with van der Waals surface area (Å²) in [5, 5.41) is 0. The Morgan fingerprint density at radius 1 is 1.26 bits per heavy atom. The number of aromatic nitrogens is 4. The van der Waals surface area contributed by atoms with Crippen LogP contribution in [0, 0.1) is 0 Å². The first kappa shape index (κ1) is 17.5. The topological polar surface area (TPSA) is 73.1 Å². The van der Waals surface area contributed by atoms with Crippen LogP contribution < -0.4 is 4.74 Å². The van der Waals surface area contributed by atoms with Gasteiger partial charge in [-0.2, -0.15) is 0 Å². The van der Waals surface area contributed by atoms with Crippen molar-refractivity contribution in [3.8, 4) is 5.75 Å². The molecule has 0 radical (unpaired) electrons. The second-order valence-electron chi connectivity index (χ2n) is 7.01. The summed E-state index contributed by atoms with van der Waals surface area (Å²) in [7, 11) is 3.37. The second-order valence-corrected chi connectivity index (χ2v) is 7.01. The molecule has 0 bridgehead atoms. The first-order chi connectivity index (χ1) is 13.2. The molecule has 0 atom stereocenters. The minimum atomic E-state index is -0.107. The van der Waals surface area contributed by atoms with Crippen molar-refractivity contribution in [2.75, 3.05) is 14.2 Å². The Hall–Kier alpha value is -2.96. The standard InChI is InChI=1S/C20H23N5O2/c1-24(12-15-10-17(27-2)7-8-21-15)20(26)14-9-18-19(22-11-14)25(13-23-18)16-5-3-4-6-16/h7-11,13,16H,3-6,12H2,1-2H3. The number of rotatable bonds is 5. The fourth-order valence-corrected chi connectivity index (χ4v) is 3.69. The Balaban J connectivity index is 1.53. The van der Waals surface area contributed by atoms with Gasteiger partial charge in [-0.1, -0.05) is 12.8 Å². The molecule has 0 N–H and O–H groups in total. The molecule has 140 valence electrons. The third-order valence-corrected chi connectivity index (χ3v) is 5.15. The van der Waals surface area contributed by atoms with Crippen molar-refractivity contribution in [3.05, 3.63) is 48.2 Å². The predicted molar refractivity (Wildman–Crippen MR) is 102 cm³/mol. The molecular weight excluding hydrogens is 342 g/mol. The number of nitrogens with zero attached hydrogens (tertiary/aromatic N) is 5. The van der Waals surface area contributed by atoms with Crippen LogP contribution in [-0.4, -0.2) is 44.5 Å². The van der Waals surface area contributed by atoms with Gasteiger partial charge in [0.2, 0.25) is 0 Å². The highest BCUT2D eigenvalue weighted by molar-refractivity contribution is 5.96. The molecule has 1 fully saturated rings. The highest BCUT2D eigenvalue weighted by Gasteiger charge is 2.21. The number of fused-ring (bicyclic) bond motifs is 1. The first-order valence-electron chi connectivity index (χ1n) is 9.22. The highest BCUT2D eigenvalue weighted by Crippen LogP contribution is 2.31. The lowest BCUT2D eigenvalue weighted by molar-refractivity contribution is 0.0783. The second kappa shape index (κ2) is 7.34. The summed E-state index contributed by atoms with van der Waals surface area (Å²) in [4.78, 5) is 27.7. The Morgan fingerprint density at radius 2 is 2.07 bits per heavy atom. The van der Waals surface area contributed by atoms with Gasteiger partial charge in [0.25, 0.3) is 5.91 Å². The third-order valence-electron chi connectivity index (χ3n) is 5.15. The highest BCUT2D eigenvalue weighted by atomic mass is 16.5. The monoisotopic (exact) mass is 365 g/mol. The van der Waals surface area contributed by atoms with Gasteiger partial charge in [-0.3, -0.25) is 9.78 Å². The summed E-state index contributed by atoms with van der Waals surface area (Å²) in [6.45, 7) is 0.393. The van der Waals surface area contributed by atoms with Crippen LogP contribution in [0.2, 0.25) is 0 Å². The Kier molecular flexibility index (Phi) is 4.75. The van der Waals surface area contributed by atoms with E-state index < -0.39 is 0 Å². The SMILES string of the molecule is COc1ccnc(CN(C)C(=O)c2cnc3c(c2)ncn3C2CCCC2)c1. The molecule has 0 saturated heterocycles. The number of amides is 1. The van der Waals surface area contributed by atoms with Crippen LogP contribution in [0.4, 0.5) is 0 Å². The van der Waals surface area contributed by atoms with Crippen LogP contribution in [0.15, 0.2) is 36.9 Å². The van der Waals surface area contributed by atoms with Crippen LogP contribution in [0.5, 0.6) is 5.75 Å². The lowest BCUT2D eigenvalue weighted by atomic mass is 10.2. The Labute approximate surface area is 158 Å². The zero-order valence-corrected chi connectivity index (χ0v) is 15.6. The molecule has 7 heteroatoms. The van der Waals surface area contributed by atoms with Gasteiger partial charge in [-0.05, 0) is 25.0 Å². The summed E-state index contributed by atoms with van der Waals surface area (Å²) in [5.74, 6) is 0.617. The molecular formula is C20H23N5O2. The minimum Gasteiger partial charge on any atom is -0.497 e. The summed E-state index contributed by atoms with van der Waals surface area (Å²) >= 11 is 0. The molecule has 27 heavy (non-hydrogen) atoms. The number of carbonyl (C=O) groups is 1. The largest absolute Gasteiger partial charge is 0.497 e. The molecule has 3 heterocycles. The molecule has 1 aliphatic carbocycles. The minimum absolute atomic E-state index is 0.107. The van der Waals surface area contributed by atoms with Gasteiger partial charge in [0.15, 0.2) is 5.65 Å². The Bertz CT molecular complexity index is 962. The van der Waals surface area contributed by atoms with E-state index in [1.165, 1.54) is 25.7 Å². The van der Waals surface area contributed by atoms with Gasteiger partial charge in [-0.15, -0.1) is 0 Å². The van der Waals surface area contributed by atoms with Gasteiger partial charge in [-0.25, -0.2) is 9.97 Å². The molecule has 7 nitrogen and oxygen atoms in total. The van der Waals surface area contributed by atoms with Gasteiger partial charge in [0, 0.05) is 31.5 Å². The summed E-state index contributed by atoms with van der Waals surface area (Å²) < 4.78 is 7.36. The molecule has 0 spiro atoms. The van der Waals surface area contributed by atoms with Crippen molar-refractivity contribution in [3.63, 3.8) is 0 Å². The average molecular weight is 365 g/mol. The van der Waals surface area contributed by atoms with E-state index in [0.29, 0.717) is 18.2 Å². The van der Waals surface area contributed by atoms with E-state index >= 15 is 0 Å². The smallest absolute Gasteiger partial charge is 0.255 e. The maximum Gasteiger partial charge on any atom is 0.255 e. The van der Waals surface area contributed by atoms with Crippen LogP contribution in [0.3, 0.4) is 0 Å². The molecule has 1 saturated carbocycles. The van der Waals surface area contributed by atoms with E-state index in [-0.39, 0.29) is 5.91 Å². The molecule has 0 aliphatic heterocycles. The van der Waals surface area contributed by atoms with E-state index in [2.05, 4.69) is 19.5 Å². The Morgan fingerprint density at radius 3 is 2.85 bits per heavy atom. The molecule has 3 aromatic rings. The number of imidazole rings is 1. The number of carbonyl (C=O) groups excluding carboxylic acids is 1. The number of methoxy groups -OCH3 is 1. The van der Waals surface area contributed by atoms with E-state index in [4.69, 9.17) is 4.74 Å². The van der Waals surface area contributed by atoms with Crippen LogP contribution in [0.1, 0.15) is 47.8 Å². The van der Waals surface area contributed by atoms with Crippen molar-refractivity contribution in [2.24, 2.45) is 0 Å². The predicted octanol–water partition coefficient (Wildman–Crippen LogP) is 3.22. The van der Waals surface area contributed by atoms with E-state index in [1.54, 1.807) is 37.5 Å². The van der Waals surface area contributed by atoms with Gasteiger partial charge < -0.3 is 14.2 Å². The number of hydrogen-bond donors (Lipinski definition) is 0. The lowest BCUT2D eigenvalue weighted by Crippen LogP contribution is -2.26. The van der Waals surface area contributed by atoms with Crippen molar-refractivity contribution in [1.29, 1.82) is 0 Å². The summed E-state index contributed by atoms with van der Waals surface area (Å²) in [6, 6.07) is 5.91. The van der Waals surface area contributed by atoms with Crippen molar-refractivity contribution in [1.82, 2.24) is 24.4 Å². The van der Waals surface area contributed by atoms with Gasteiger partial charge in [0.05, 0.1) is 31.2 Å². The maximum absolute atomic E-state index is 12.8. The normalized spacial score (nSPS) is 14.6. The summed E-state index contributed by atoms with van der Waals surface area (Å²) in [6.07, 6.45) is 10.0. The molecule has 0 unspecified atom stereocenters. The van der Waals surface area contributed by atoms with Crippen LogP contribution >= 0.6 is 0 Å². The number of ether oxygens (including phenoxy) is 1. The van der Waals surface area contributed by atoms with Crippen molar-refractivity contribution < 1.29 is 9.53 Å². The van der Waals surface area contributed by atoms with E-state index in [1.807, 2.05) is 18.5 Å². The number of hydrogen-bond acceptors (Lipinski definition) is 5. The van der Waals surface area contributed by atoms with Crippen molar-refractivity contribution >= 4 is 17.1 Å². The fourth-order valence-electron chi connectivity index (χ4n) is 3.69. The third kappa shape index (κ3) is 3.49. The zero-order valence-electron chi connectivity index (χ0n) is 15.6. The quantitative estimate of drug-likeness (QED) is 0.694. The lowest BCUT2D eigenvalue weighted by Gasteiger charge is -2.17. The van der Waals surface area contributed by atoms with E-state index in [9.17, 15) is 4.79 Å². The molecule has 0 aromatic carbocycles. The molecule has 1 aliphatic rings. The maximum atomic E-state index is 12.8. The fraction of sp³-hybridized carbons (Fsp3) is 0.400. The van der Waals surface area contributed by atoms with Gasteiger partial charge >= 0.3 is 0 Å². The molecule has 3 aromatic heterocycles. The van der Waals surface area contributed by atoms with Crippen molar-refractivity contribution in [2.45, 2.75) is 38.3 Å². The average Bonchev–Trinajstić information content (AvgIpc) is 3.36. The molecule has 1 amide bonds. The van der Waals surface area contributed by atoms with E-state index in [0.717, 1.165) is 22.6 Å². The van der Waals surface area contributed by atoms with Gasteiger partial charge in [0.1, 0.15) is 11.3 Å². The van der Waals surface area contributed by atoms with Crippen LogP contribution in [-0.2, 0) is 6.54 Å². The zero-order chi connectivity index (χ0) is 18.8. The molecule has 4 rings (SSSR count).